The molecule has 2 aromatic heterocycles. The molecule has 1 aliphatic carbocycles. The van der Waals surface area contributed by atoms with E-state index in [1.54, 1.807) is 12.3 Å². The molecule has 2 aliphatic rings. The molecule has 0 N–H and O–H groups in total. The highest BCUT2D eigenvalue weighted by molar-refractivity contribution is 6.02. The number of fused-ring (bicyclic) bond motifs is 1. The van der Waals surface area contributed by atoms with E-state index in [4.69, 9.17) is 14.2 Å². The van der Waals surface area contributed by atoms with E-state index in [9.17, 15) is 13.6 Å². The minimum Gasteiger partial charge on any atom is -0.496 e. The van der Waals surface area contributed by atoms with Crippen LogP contribution in [0.4, 0.5) is 8.78 Å². The zero-order valence-corrected chi connectivity index (χ0v) is 20.6. The van der Waals surface area contributed by atoms with E-state index in [2.05, 4.69) is 16.9 Å². The molecule has 7 nitrogen and oxygen atoms in total. The number of aromatic nitrogens is 2. The van der Waals surface area contributed by atoms with Crippen molar-refractivity contribution in [3.8, 4) is 28.5 Å². The third-order valence-electron chi connectivity index (χ3n) is 7.12. The molecule has 1 aliphatic heterocycles. The zero-order valence-electron chi connectivity index (χ0n) is 20.6. The van der Waals surface area contributed by atoms with Gasteiger partial charge < -0.3 is 19.1 Å². The van der Waals surface area contributed by atoms with Gasteiger partial charge in [-0.1, -0.05) is 0 Å². The number of carbonyl (C=O) groups excluding carboxylic acids is 1. The van der Waals surface area contributed by atoms with Gasteiger partial charge in [-0.15, -0.1) is 0 Å². The lowest BCUT2D eigenvalue weighted by molar-refractivity contribution is -0.0502. The summed E-state index contributed by atoms with van der Waals surface area (Å²) in [5, 5.41) is 0. The number of nitrogens with zero attached hydrogens (tertiary/aromatic N) is 3. The van der Waals surface area contributed by atoms with E-state index in [-0.39, 0.29) is 22.8 Å². The first-order valence-electron chi connectivity index (χ1n) is 12.4. The molecule has 0 amide bonds. The minimum atomic E-state index is -3.07. The Morgan fingerprint density at radius 2 is 2.00 bits per heavy atom. The van der Waals surface area contributed by atoms with Gasteiger partial charge in [0.15, 0.2) is 5.78 Å². The van der Waals surface area contributed by atoms with Crippen LogP contribution < -0.4 is 14.2 Å². The SMILES string of the molecule is COc1cc(-c2cnc3cc(OCCC4CCCN4C)ccn23)cc(OC(F)F)c1C(=O)CC1CC1. The molecule has 192 valence electrons. The van der Waals surface area contributed by atoms with Gasteiger partial charge in [-0.3, -0.25) is 9.20 Å². The van der Waals surface area contributed by atoms with Crippen molar-refractivity contribution in [1.29, 1.82) is 0 Å². The third-order valence-corrected chi connectivity index (χ3v) is 7.12. The van der Waals surface area contributed by atoms with Crippen molar-refractivity contribution in [2.24, 2.45) is 5.92 Å². The Morgan fingerprint density at radius 3 is 2.69 bits per heavy atom. The molecule has 0 spiro atoms. The number of ketones is 1. The number of pyridine rings is 1. The van der Waals surface area contributed by atoms with Gasteiger partial charge in [-0.05, 0) is 69.8 Å². The molecule has 1 saturated carbocycles. The Balaban J connectivity index is 1.40. The summed E-state index contributed by atoms with van der Waals surface area (Å²) < 4.78 is 44.6. The first kappa shape index (κ1) is 24.5. The highest BCUT2D eigenvalue weighted by atomic mass is 19.3. The van der Waals surface area contributed by atoms with E-state index in [0.717, 1.165) is 31.6 Å². The molecular formula is C27H31F2N3O4. The smallest absolute Gasteiger partial charge is 0.387 e. The number of imidazole rings is 1. The predicted octanol–water partition coefficient (Wildman–Crippen LogP) is 5.46. The van der Waals surface area contributed by atoms with E-state index < -0.39 is 6.61 Å². The Morgan fingerprint density at radius 1 is 1.19 bits per heavy atom. The van der Waals surface area contributed by atoms with Crippen LogP contribution in [0.5, 0.6) is 17.2 Å². The van der Waals surface area contributed by atoms with Crippen LogP contribution >= 0.6 is 0 Å². The number of halogens is 2. The topological polar surface area (TPSA) is 65.3 Å². The second kappa shape index (κ2) is 10.4. The van der Waals surface area contributed by atoms with Crippen molar-refractivity contribution in [3.05, 3.63) is 42.2 Å². The molecule has 9 heteroatoms. The monoisotopic (exact) mass is 499 g/mol. The van der Waals surface area contributed by atoms with Crippen LogP contribution in [0.2, 0.25) is 0 Å². The number of ether oxygens (including phenoxy) is 3. The van der Waals surface area contributed by atoms with Crippen LogP contribution in [0.25, 0.3) is 16.9 Å². The standard InChI is InChI=1S/C27H31F2N3O4/c1-31-9-3-4-19(31)8-11-35-20-7-10-32-21(16-30-25(32)15-20)18-13-23(34-2)26(22(33)12-17-5-6-17)24(14-18)36-27(28)29/h7,10,13-17,19,27H,3-6,8-9,11-12H2,1-2H3. The van der Waals surface area contributed by atoms with E-state index in [1.165, 1.54) is 26.0 Å². The summed E-state index contributed by atoms with van der Waals surface area (Å²) in [7, 11) is 3.57. The fraction of sp³-hybridized carbons (Fsp3) is 0.481. The van der Waals surface area contributed by atoms with Gasteiger partial charge in [0, 0.05) is 30.3 Å². The van der Waals surface area contributed by atoms with Crippen LogP contribution in [-0.2, 0) is 0 Å². The summed E-state index contributed by atoms with van der Waals surface area (Å²) in [6.07, 6.45) is 9.14. The molecule has 1 atom stereocenters. The van der Waals surface area contributed by atoms with Gasteiger partial charge in [0.2, 0.25) is 0 Å². The minimum absolute atomic E-state index is 0.0610. The third kappa shape index (κ3) is 5.31. The maximum Gasteiger partial charge on any atom is 0.387 e. The van der Waals surface area contributed by atoms with Crippen molar-refractivity contribution >= 4 is 11.4 Å². The van der Waals surface area contributed by atoms with Gasteiger partial charge in [-0.2, -0.15) is 8.78 Å². The molecule has 1 saturated heterocycles. The quantitative estimate of drug-likeness (QED) is 0.327. The summed E-state index contributed by atoms with van der Waals surface area (Å²) in [4.78, 5) is 19.7. The average Bonchev–Trinajstić information content (AvgIpc) is 3.41. The Labute approximate surface area is 209 Å². The molecule has 3 heterocycles. The normalized spacial score (nSPS) is 18.2. The van der Waals surface area contributed by atoms with Crippen LogP contribution in [0, 0.1) is 5.92 Å². The van der Waals surface area contributed by atoms with E-state index in [0.29, 0.717) is 41.9 Å². The first-order chi connectivity index (χ1) is 17.4. The summed E-state index contributed by atoms with van der Waals surface area (Å²) in [6.45, 7) is -1.30. The van der Waals surface area contributed by atoms with Crippen molar-refractivity contribution in [3.63, 3.8) is 0 Å². The maximum atomic E-state index is 13.3. The first-order valence-corrected chi connectivity index (χ1v) is 12.4. The predicted molar refractivity (Wildman–Crippen MR) is 131 cm³/mol. The summed E-state index contributed by atoms with van der Waals surface area (Å²) >= 11 is 0. The second-order valence-electron chi connectivity index (χ2n) is 9.65. The lowest BCUT2D eigenvalue weighted by Gasteiger charge is -2.19. The van der Waals surface area contributed by atoms with Gasteiger partial charge in [0.05, 0.1) is 25.6 Å². The maximum absolute atomic E-state index is 13.3. The number of likely N-dealkylation sites (tertiary alicyclic amines) is 1. The van der Waals surface area contributed by atoms with Crippen molar-refractivity contribution in [2.45, 2.75) is 51.2 Å². The molecule has 0 radical (unpaired) electrons. The van der Waals surface area contributed by atoms with Gasteiger partial charge >= 0.3 is 6.61 Å². The van der Waals surface area contributed by atoms with E-state index in [1.807, 2.05) is 22.7 Å². The number of methoxy groups -OCH3 is 1. The second-order valence-corrected chi connectivity index (χ2v) is 9.65. The lowest BCUT2D eigenvalue weighted by atomic mass is 10.00. The fourth-order valence-corrected chi connectivity index (χ4v) is 4.97. The summed E-state index contributed by atoms with van der Waals surface area (Å²) in [6, 6.07) is 7.40. The Bertz CT molecular complexity index is 1240. The molecule has 1 unspecified atom stereocenters. The largest absolute Gasteiger partial charge is 0.496 e. The molecule has 2 fully saturated rings. The summed E-state index contributed by atoms with van der Waals surface area (Å²) in [5.41, 5.74) is 1.93. The van der Waals surface area contributed by atoms with Gasteiger partial charge in [-0.25, -0.2) is 4.98 Å². The van der Waals surface area contributed by atoms with Gasteiger partial charge in [0.25, 0.3) is 0 Å². The highest BCUT2D eigenvalue weighted by Crippen LogP contribution is 2.40. The molecule has 5 rings (SSSR count). The lowest BCUT2D eigenvalue weighted by Crippen LogP contribution is -2.26. The zero-order chi connectivity index (χ0) is 25.2. The fourth-order valence-electron chi connectivity index (χ4n) is 4.97. The Kier molecular flexibility index (Phi) is 7.09. The number of carbonyl (C=O) groups is 1. The highest BCUT2D eigenvalue weighted by Gasteiger charge is 2.30. The number of Topliss-reactive ketones (excluding diaryl/α,β-unsaturated/α-hetero) is 1. The Hall–Kier alpha value is -3.20. The number of hydrogen-bond donors (Lipinski definition) is 0. The van der Waals surface area contributed by atoms with Crippen LogP contribution in [-0.4, -0.2) is 60.0 Å². The van der Waals surface area contributed by atoms with Gasteiger partial charge in [0.1, 0.15) is 28.5 Å². The number of rotatable bonds is 11. The summed E-state index contributed by atoms with van der Waals surface area (Å²) in [5.74, 6) is 0.800. The molecule has 3 aromatic rings. The van der Waals surface area contributed by atoms with Crippen molar-refractivity contribution in [2.75, 3.05) is 27.3 Å². The molecule has 36 heavy (non-hydrogen) atoms. The molecular weight excluding hydrogens is 468 g/mol. The number of benzene rings is 1. The van der Waals surface area contributed by atoms with E-state index >= 15 is 0 Å². The van der Waals surface area contributed by atoms with Crippen LogP contribution in [0.1, 0.15) is 48.9 Å². The number of hydrogen-bond acceptors (Lipinski definition) is 6. The number of alkyl halides is 2. The molecule has 1 aromatic carbocycles. The van der Waals surface area contributed by atoms with Crippen molar-refractivity contribution < 1.29 is 27.8 Å². The molecule has 0 bridgehead atoms. The van der Waals surface area contributed by atoms with Crippen molar-refractivity contribution in [1.82, 2.24) is 14.3 Å². The van der Waals surface area contributed by atoms with Crippen LogP contribution in [0.3, 0.4) is 0 Å². The van der Waals surface area contributed by atoms with Crippen LogP contribution in [0.15, 0.2) is 36.7 Å². The average molecular weight is 500 g/mol.